The molecule has 0 saturated heterocycles. The summed E-state index contributed by atoms with van der Waals surface area (Å²) in [7, 11) is -3.64. The van der Waals surface area contributed by atoms with E-state index in [0.29, 0.717) is 35.8 Å². The molecule has 0 aromatic carbocycles. The van der Waals surface area contributed by atoms with Crippen molar-refractivity contribution in [1.29, 1.82) is 0 Å². The van der Waals surface area contributed by atoms with Crippen LogP contribution in [0.5, 0.6) is 0 Å². The van der Waals surface area contributed by atoms with Crippen molar-refractivity contribution in [3.8, 4) is 0 Å². The summed E-state index contributed by atoms with van der Waals surface area (Å²) in [4.78, 5) is 13.4. The summed E-state index contributed by atoms with van der Waals surface area (Å²) >= 11 is 1.03. The third-order valence-corrected chi connectivity index (χ3v) is 9.50. The third kappa shape index (κ3) is 4.26. The predicted molar refractivity (Wildman–Crippen MR) is 117 cm³/mol. The summed E-state index contributed by atoms with van der Waals surface area (Å²) < 4.78 is 32.0. The summed E-state index contributed by atoms with van der Waals surface area (Å²) in [5.74, 6) is 1.45. The molecule has 2 aliphatic rings. The number of thiophene rings is 1. The second kappa shape index (κ2) is 9.08. The fraction of sp³-hybridized carbons (Fsp3) is 0.500. The predicted octanol–water partition coefficient (Wildman–Crippen LogP) is 3.91. The minimum Gasteiger partial charge on any atom is -0.378 e. The van der Waals surface area contributed by atoms with Gasteiger partial charge in [0.25, 0.3) is 15.9 Å². The maximum Gasteiger partial charge on any atom is 0.277 e. The lowest BCUT2D eigenvalue weighted by Crippen LogP contribution is -2.43. The number of aromatic nitrogens is 1. The van der Waals surface area contributed by atoms with Crippen molar-refractivity contribution in [3.05, 3.63) is 53.7 Å². The van der Waals surface area contributed by atoms with Gasteiger partial charge in [-0.2, -0.15) is 8.42 Å². The van der Waals surface area contributed by atoms with E-state index < -0.39 is 10.0 Å². The average Bonchev–Trinajstić information content (AvgIpc) is 3.53. The molecule has 4 atom stereocenters. The van der Waals surface area contributed by atoms with E-state index in [9.17, 15) is 13.2 Å². The molecule has 2 fully saturated rings. The normalized spacial score (nSPS) is 25.9. The number of nitrogens with zero attached hydrogens (tertiary/aromatic N) is 1. The highest BCUT2D eigenvalue weighted by Crippen LogP contribution is 2.50. The van der Waals surface area contributed by atoms with Crippen LogP contribution in [0.25, 0.3) is 0 Å². The molecule has 6 nitrogen and oxygen atoms in total. The Bertz CT molecular complexity index is 994. The van der Waals surface area contributed by atoms with Gasteiger partial charge in [0.05, 0.1) is 11.5 Å². The lowest BCUT2D eigenvalue weighted by Gasteiger charge is -2.31. The van der Waals surface area contributed by atoms with E-state index in [4.69, 9.17) is 4.74 Å². The van der Waals surface area contributed by atoms with Crippen LogP contribution in [0.2, 0.25) is 0 Å². The smallest absolute Gasteiger partial charge is 0.277 e. The van der Waals surface area contributed by atoms with E-state index in [1.54, 1.807) is 18.2 Å². The van der Waals surface area contributed by atoms with E-state index in [1.165, 1.54) is 35.3 Å². The Morgan fingerprint density at radius 3 is 2.77 bits per heavy atom. The van der Waals surface area contributed by atoms with Gasteiger partial charge in [-0.1, -0.05) is 12.2 Å². The Hall–Kier alpha value is -1.90. The first-order valence-electron chi connectivity index (χ1n) is 10.5. The van der Waals surface area contributed by atoms with Crippen LogP contribution in [-0.4, -0.2) is 37.6 Å². The minimum absolute atomic E-state index is 0.152. The number of fused-ring (bicyclic) bond motifs is 2. The molecule has 1 amide bonds. The summed E-state index contributed by atoms with van der Waals surface area (Å²) in [6.45, 7) is 3.32. The number of rotatable bonds is 9. The zero-order valence-electron chi connectivity index (χ0n) is 17.1. The van der Waals surface area contributed by atoms with Crippen LogP contribution in [0.4, 0.5) is 0 Å². The van der Waals surface area contributed by atoms with Gasteiger partial charge in [0.15, 0.2) is 0 Å². The van der Waals surface area contributed by atoms with Crippen LogP contribution in [0.3, 0.4) is 0 Å². The van der Waals surface area contributed by atoms with Crippen molar-refractivity contribution in [3.63, 3.8) is 0 Å². The van der Waals surface area contributed by atoms with Gasteiger partial charge in [-0.3, -0.25) is 4.79 Å². The molecule has 4 rings (SSSR count). The molecule has 2 aromatic rings. The Labute approximate surface area is 182 Å². The van der Waals surface area contributed by atoms with Crippen molar-refractivity contribution in [2.75, 3.05) is 13.2 Å². The van der Waals surface area contributed by atoms with Crippen LogP contribution in [0.15, 0.2) is 53.0 Å². The van der Waals surface area contributed by atoms with Crippen LogP contribution in [0, 0.1) is 17.8 Å². The SMILES string of the molecule is CCOC/C=C\C[C@H]1[C@@H]2CC[C@@H](C2)[C@@H]1NC(=O)c1ccc(S(=O)(=O)n2cccc2)s1. The molecule has 1 N–H and O–H groups in total. The third-order valence-electron chi connectivity index (χ3n) is 6.29. The van der Waals surface area contributed by atoms with Crippen molar-refractivity contribution in [2.45, 2.75) is 42.9 Å². The molecule has 30 heavy (non-hydrogen) atoms. The highest BCUT2D eigenvalue weighted by atomic mass is 32.2. The fourth-order valence-corrected chi connectivity index (χ4v) is 7.37. The number of amides is 1. The summed E-state index contributed by atoms with van der Waals surface area (Å²) in [5, 5.41) is 3.23. The molecule has 2 aliphatic carbocycles. The summed E-state index contributed by atoms with van der Waals surface area (Å²) in [6, 6.07) is 6.61. The second-order valence-corrected chi connectivity index (χ2v) is 11.2. The van der Waals surface area contributed by atoms with E-state index in [-0.39, 0.29) is 16.2 Å². The first-order valence-corrected chi connectivity index (χ1v) is 12.8. The van der Waals surface area contributed by atoms with Crippen LogP contribution in [-0.2, 0) is 14.8 Å². The summed E-state index contributed by atoms with van der Waals surface area (Å²) in [6.07, 6.45) is 11.7. The van der Waals surface area contributed by atoms with E-state index in [1.807, 2.05) is 6.92 Å². The van der Waals surface area contributed by atoms with Crippen molar-refractivity contribution in [2.24, 2.45) is 17.8 Å². The maximum absolute atomic E-state index is 12.9. The zero-order chi connectivity index (χ0) is 21.1. The van der Waals surface area contributed by atoms with E-state index >= 15 is 0 Å². The van der Waals surface area contributed by atoms with Gasteiger partial charge in [0.2, 0.25) is 0 Å². The molecule has 8 heteroatoms. The molecule has 2 heterocycles. The minimum atomic E-state index is -3.64. The molecule has 0 aliphatic heterocycles. The molecule has 0 radical (unpaired) electrons. The van der Waals surface area contributed by atoms with E-state index in [2.05, 4.69) is 17.5 Å². The standard InChI is InChI=1S/C22H28N2O4S2/c1-2-28-14-6-3-7-18-16-8-9-17(15-16)21(18)23-22(25)19-10-11-20(29-19)30(26,27)24-12-4-5-13-24/h3-6,10-13,16-18,21H,2,7-9,14-15H2,1H3,(H,23,25)/b6-3-/t16-,17+,18+,21+/m1/s1. The number of hydrogen-bond acceptors (Lipinski definition) is 5. The molecule has 2 saturated carbocycles. The number of nitrogens with one attached hydrogen (secondary N) is 1. The van der Waals surface area contributed by atoms with Crippen molar-refractivity contribution < 1.29 is 17.9 Å². The number of carbonyl (C=O) groups excluding carboxylic acids is 1. The molecular weight excluding hydrogens is 420 g/mol. The quantitative estimate of drug-likeness (QED) is 0.466. The maximum atomic E-state index is 12.9. The number of hydrogen-bond donors (Lipinski definition) is 1. The lowest BCUT2D eigenvalue weighted by atomic mass is 9.82. The number of carbonyl (C=O) groups is 1. The number of ether oxygens (including phenoxy) is 1. The van der Waals surface area contributed by atoms with Gasteiger partial charge in [-0.25, -0.2) is 3.97 Å². The molecule has 162 valence electrons. The highest BCUT2D eigenvalue weighted by Gasteiger charge is 2.47. The second-order valence-electron chi connectivity index (χ2n) is 8.00. The fourth-order valence-electron chi connectivity index (χ4n) is 4.87. The molecule has 0 unspecified atom stereocenters. The van der Waals surface area contributed by atoms with E-state index in [0.717, 1.165) is 24.2 Å². The van der Waals surface area contributed by atoms with Crippen LogP contribution < -0.4 is 5.32 Å². The average molecular weight is 449 g/mol. The van der Waals surface area contributed by atoms with Gasteiger partial charge in [0.1, 0.15) is 4.21 Å². The lowest BCUT2D eigenvalue weighted by molar-refractivity contribution is 0.0904. The van der Waals surface area contributed by atoms with Crippen LogP contribution >= 0.6 is 11.3 Å². The molecular formula is C22H28N2O4S2. The Morgan fingerprint density at radius 2 is 2.00 bits per heavy atom. The van der Waals surface area contributed by atoms with Gasteiger partial charge < -0.3 is 10.1 Å². The largest absolute Gasteiger partial charge is 0.378 e. The number of allylic oxidation sites excluding steroid dienone is 1. The topological polar surface area (TPSA) is 77.4 Å². The first-order chi connectivity index (χ1) is 14.5. The van der Waals surface area contributed by atoms with Gasteiger partial charge >= 0.3 is 0 Å². The Balaban J connectivity index is 1.43. The van der Waals surface area contributed by atoms with Crippen molar-refractivity contribution in [1.82, 2.24) is 9.29 Å². The monoisotopic (exact) mass is 448 g/mol. The Kier molecular flexibility index (Phi) is 6.46. The summed E-state index contributed by atoms with van der Waals surface area (Å²) in [5.41, 5.74) is 0. The zero-order valence-corrected chi connectivity index (χ0v) is 18.7. The van der Waals surface area contributed by atoms with Crippen LogP contribution in [0.1, 0.15) is 42.3 Å². The molecule has 2 aromatic heterocycles. The highest BCUT2D eigenvalue weighted by molar-refractivity contribution is 7.92. The Morgan fingerprint density at radius 1 is 1.23 bits per heavy atom. The van der Waals surface area contributed by atoms with Gasteiger partial charge in [-0.15, -0.1) is 11.3 Å². The van der Waals surface area contributed by atoms with Gasteiger partial charge in [-0.05, 0) is 74.6 Å². The molecule has 2 bridgehead atoms. The van der Waals surface area contributed by atoms with Crippen molar-refractivity contribution >= 4 is 27.3 Å². The first kappa shape index (κ1) is 21.3. The molecule has 0 spiro atoms. The van der Waals surface area contributed by atoms with Gasteiger partial charge in [0, 0.05) is 25.0 Å².